The van der Waals surface area contributed by atoms with Crippen molar-refractivity contribution >= 4 is 6.41 Å². The molecule has 0 saturated heterocycles. The highest BCUT2D eigenvalue weighted by atomic mass is 16.6. The van der Waals surface area contributed by atoms with E-state index >= 15 is 0 Å². The molecule has 1 N–H and O–H groups in total. The third-order valence-electron chi connectivity index (χ3n) is 1.56. The van der Waals surface area contributed by atoms with Crippen LogP contribution in [-0.4, -0.2) is 13.0 Å². The second kappa shape index (κ2) is 8.27. The highest BCUT2D eigenvalue weighted by Crippen LogP contribution is 2.03. The number of hydroxylamine groups is 1. The van der Waals surface area contributed by atoms with Gasteiger partial charge in [-0.05, 0) is 18.4 Å². The van der Waals surface area contributed by atoms with Gasteiger partial charge in [-0.15, -0.1) is 0 Å². The fourth-order valence-corrected chi connectivity index (χ4v) is 0.822. The molecule has 0 heterocycles. The quantitative estimate of drug-likeness (QED) is 0.274. The van der Waals surface area contributed by atoms with Gasteiger partial charge in [-0.3, -0.25) is 9.63 Å². The van der Waals surface area contributed by atoms with Crippen molar-refractivity contribution < 1.29 is 9.63 Å². The van der Waals surface area contributed by atoms with E-state index < -0.39 is 0 Å². The summed E-state index contributed by atoms with van der Waals surface area (Å²) in [5, 5.41) is 0. The van der Waals surface area contributed by atoms with Crippen molar-refractivity contribution in [3.05, 3.63) is 11.6 Å². The first-order chi connectivity index (χ1) is 5.85. The molecule has 0 aliphatic carbocycles. The van der Waals surface area contributed by atoms with Gasteiger partial charge in [-0.2, -0.15) is 0 Å². The van der Waals surface area contributed by atoms with Gasteiger partial charge >= 0.3 is 0 Å². The van der Waals surface area contributed by atoms with Crippen LogP contribution in [0, 0.1) is 0 Å². The number of hydrogen-bond donors (Lipinski definition) is 1. The van der Waals surface area contributed by atoms with Gasteiger partial charge in [0.15, 0.2) is 0 Å². The molecule has 0 aromatic carbocycles. The molecular weight excluding hydrogens is 154 g/mol. The number of rotatable bonds is 7. The van der Waals surface area contributed by atoms with Crippen molar-refractivity contribution in [2.24, 2.45) is 0 Å². The average molecular weight is 171 g/mol. The molecule has 0 radical (unpaired) electrons. The van der Waals surface area contributed by atoms with Crippen LogP contribution in [0.2, 0.25) is 0 Å². The molecule has 0 aliphatic rings. The number of carbonyl (C=O) groups is 1. The van der Waals surface area contributed by atoms with E-state index in [0.717, 1.165) is 19.3 Å². The summed E-state index contributed by atoms with van der Waals surface area (Å²) in [6.07, 6.45) is 5.89. The van der Waals surface area contributed by atoms with Crippen LogP contribution in [-0.2, 0) is 9.63 Å². The Labute approximate surface area is 73.7 Å². The molecule has 70 valence electrons. The molecule has 0 atom stereocenters. The largest absolute Gasteiger partial charge is 0.277 e. The van der Waals surface area contributed by atoms with Crippen LogP contribution in [0.5, 0.6) is 0 Å². The van der Waals surface area contributed by atoms with Crippen LogP contribution < -0.4 is 5.48 Å². The Morgan fingerprint density at radius 3 is 2.75 bits per heavy atom. The fourth-order valence-electron chi connectivity index (χ4n) is 0.822. The highest BCUT2D eigenvalue weighted by molar-refractivity contribution is 5.43. The van der Waals surface area contributed by atoms with Crippen molar-refractivity contribution in [3.8, 4) is 0 Å². The lowest BCUT2D eigenvalue weighted by atomic mass is 10.1. The van der Waals surface area contributed by atoms with Crippen molar-refractivity contribution in [2.75, 3.05) is 6.61 Å². The van der Waals surface area contributed by atoms with Gasteiger partial charge in [0.2, 0.25) is 6.41 Å². The average Bonchev–Trinajstić information content (AvgIpc) is 2.11. The van der Waals surface area contributed by atoms with Crippen LogP contribution >= 0.6 is 0 Å². The Morgan fingerprint density at radius 2 is 2.25 bits per heavy atom. The van der Waals surface area contributed by atoms with E-state index in [2.05, 4.69) is 25.4 Å². The lowest BCUT2D eigenvalue weighted by molar-refractivity contribution is -0.119. The number of amides is 1. The number of allylic oxidation sites excluding steroid dienone is 1. The summed E-state index contributed by atoms with van der Waals surface area (Å²) in [4.78, 5) is 14.7. The number of unbranched alkanes of at least 4 members (excludes halogenated alkanes) is 1. The summed E-state index contributed by atoms with van der Waals surface area (Å²) < 4.78 is 0. The summed E-state index contributed by atoms with van der Waals surface area (Å²) in [6.45, 7) is 4.70. The van der Waals surface area contributed by atoms with Crippen LogP contribution in [0.3, 0.4) is 0 Å². The SMILES string of the molecule is CCCC=C(CC)CONC=O. The standard InChI is InChI=1S/C9H17NO2/c1-3-5-6-9(4-2)7-12-10-8-11/h6,8H,3-5,7H2,1-2H3,(H,10,11). The predicted octanol–water partition coefficient (Wildman–Crippen LogP) is 1.80. The van der Waals surface area contributed by atoms with Gasteiger partial charge in [0.25, 0.3) is 0 Å². The topological polar surface area (TPSA) is 38.3 Å². The molecule has 0 aromatic heterocycles. The molecule has 0 rings (SSSR count). The van der Waals surface area contributed by atoms with Gasteiger partial charge < -0.3 is 0 Å². The molecule has 0 aliphatic heterocycles. The van der Waals surface area contributed by atoms with E-state index in [0.29, 0.717) is 13.0 Å². The van der Waals surface area contributed by atoms with E-state index in [1.54, 1.807) is 0 Å². The predicted molar refractivity (Wildman–Crippen MR) is 48.4 cm³/mol. The van der Waals surface area contributed by atoms with Crippen LogP contribution in [0.25, 0.3) is 0 Å². The third kappa shape index (κ3) is 5.92. The molecule has 3 nitrogen and oxygen atoms in total. The minimum atomic E-state index is 0.495. The minimum Gasteiger partial charge on any atom is -0.277 e. The van der Waals surface area contributed by atoms with Crippen molar-refractivity contribution in [2.45, 2.75) is 33.1 Å². The van der Waals surface area contributed by atoms with Gasteiger partial charge in [-0.1, -0.05) is 26.3 Å². The molecule has 0 bridgehead atoms. The van der Waals surface area contributed by atoms with Gasteiger partial charge in [0, 0.05) is 0 Å². The second-order valence-electron chi connectivity index (χ2n) is 2.53. The molecular formula is C9H17NO2. The van der Waals surface area contributed by atoms with Crippen LogP contribution in [0.15, 0.2) is 11.6 Å². The zero-order valence-electron chi connectivity index (χ0n) is 7.80. The lowest BCUT2D eigenvalue weighted by Crippen LogP contribution is -2.13. The summed E-state index contributed by atoms with van der Waals surface area (Å²) in [5.41, 5.74) is 3.40. The molecule has 0 aromatic rings. The Kier molecular flexibility index (Phi) is 7.70. The van der Waals surface area contributed by atoms with Crippen molar-refractivity contribution in [3.63, 3.8) is 0 Å². The summed E-state index contributed by atoms with van der Waals surface area (Å²) >= 11 is 0. The molecule has 0 spiro atoms. The molecule has 0 fully saturated rings. The number of carbonyl (C=O) groups excluding carboxylic acids is 1. The maximum Gasteiger partial charge on any atom is 0.230 e. The van der Waals surface area contributed by atoms with E-state index in [9.17, 15) is 4.79 Å². The zero-order valence-corrected chi connectivity index (χ0v) is 7.80. The molecule has 3 heteroatoms. The monoisotopic (exact) mass is 171 g/mol. The van der Waals surface area contributed by atoms with E-state index in [1.165, 1.54) is 5.57 Å². The van der Waals surface area contributed by atoms with E-state index in [-0.39, 0.29) is 0 Å². The molecule has 12 heavy (non-hydrogen) atoms. The Balaban J connectivity index is 3.58. The van der Waals surface area contributed by atoms with Crippen LogP contribution in [0.4, 0.5) is 0 Å². The normalized spacial score (nSPS) is 11.3. The summed E-state index contributed by atoms with van der Waals surface area (Å²) in [6, 6.07) is 0. The maximum atomic E-state index is 9.83. The summed E-state index contributed by atoms with van der Waals surface area (Å²) in [7, 11) is 0. The second-order valence-corrected chi connectivity index (χ2v) is 2.53. The van der Waals surface area contributed by atoms with Gasteiger partial charge in [-0.25, -0.2) is 5.48 Å². The van der Waals surface area contributed by atoms with Crippen molar-refractivity contribution in [1.29, 1.82) is 0 Å². The number of hydrogen-bond acceptors (Lipinski definition) is 2. The molecule has 1 amide bonds. The lowest BCUT2D eigenvalue weighted by Gasteiger charge is -2.03. The highest BCUT2D eigenvalue weighted by Gasteiger charge is 1.92. The Bertz CT molecular complexity index is 143. The van der Waals surface area contributed by atoms with E-state index in [1.807, 2.05) is 0 Å². The van der Waals surface area contributed by atoms with Gasteiger partial charge in [0.05, 0.1) is 6.61 Å². The Morgan fingerprint density at radius 1 is 1.50 bits per heavy atom. The first-order valence-electron chi connectivity index (χ1n) is 4.34. The maximum absolute atomic E-state index is 9.83. The van der Waals surface area contributed by atoms with Crippen LogP contribution in [0.1, 0.15) is 33.1 Å². The fraction of sp³-hybridized carbons (Fsp3) is 0.667. The smallest absolute Gasteiger partial charge is 0.230 e. The molecule has 0 saturated carbocycles. The van der Waals surface area contributed by atoms with Crippen molar-refractivity contribution in [1.82, 2.24) is 5.48 Å². The van der Waals surface area contributed by atoms with Gasteiger partial charge in [0.1, 0.15) is 0 Å². The number of nitrogens with one attached hydrogen (secondary N) is 1. The summed E-state index contributed by atoms with van der Waals surface area (Å²) in [5.74, 6) is 0. The van der Waals surface area contributed by atoms with E-state index in [4.69, 9.17) is 4.84 Å². The Hall–Kier alpha value is -0.830. The minimum absolute atomic E-state index is 0.495. The third-order valence-corrected chi connectivity index (χ3v) is 1.56. The first kappa shape index (κ1) is 11.2. The zero-order chi connectivity index (χ0) is 9.23. The first-order valence-corrected chi connectivity index (χ1v) is 4.34. The molecule has 0 unspecified atom stereocenters.